The van der Waals surface area contributed by atoms with Gasteiger partial charge in [-0.3, -0.25) is 0 Å². The van der Waals surface area contributed by atoms with Crippen LogP contribution >= 0.6 is 0 Å². The SMILES string of the molecule is CCCC[C@H]1CC[C@H](CCc2ccc(OC)cc2)CC1. The van der Waals surface area contributed by atoms with E-state index in [4.69, 9.17) is 4.74 Å². The summed E-state index contributed by atoms with van der Waals surface area (Å²) in [6, 6.07) is 8.59. The summed E-state index contributed by atoms with van der Waals surface area (Å²) < 4.78 is 5.21. The second-order valence-corrected chi connectivity index (χ2v) is 6.42. The van der Waals surface area contributed by atoms with Gasteiger partial charge in [-0.15, -0.1) is 0 Å². The maximum atomic E-state index is 5.21. The molecule has 0 aliphatic heterocycles. The Morgan fingerprint density at radius 1 is 0.950 bits per heavy atom. The first-order valence-electron chi connectivity index (χ1n) is 8.44. The fourth-order valence-electron chi connectivity index (χ4n) is 3.46. The summed E-state index contributed by atoms with van der Waals surface area (Å²) in [6.07, 6.45) is 12.7. The molecule has 1 nitrogen and oxygen atoms in total. The molecule has 0 N–H and O–H groups in total. The molecular weight excluding hydrogens is 244 g/mol. The first-order valence-corrected chi connectivity index (χ1v) is 8.44. The van der Waals surface area contributed by atoms with Gasteiger partial charge in [0.05, 0.1) is 7.11 Å². The molecule has 1 aromatic carbocycles. The Bertz CT molecular complexity index is 360. The van der Waals surface area contributed by atoms with Crippen molar-refractivity contribution in [3.05, 3.63) is 29.8 Å². The van der Waals surface area contributed by atoms with Gasteiger partial charge in [0, 0.05) is 0 Å². The van der Waals surface area contributed by atoms with Crippen molar-refractivity contribution in [3.63, 3.8) is 0 Å². The zero-order valence-corrected chi connectivity index (χ0v) is 13.2. The number of hydrogen-bond acceptors (Lipinski definition) is 1. The van der Waals surface area contributed by atoms with E-state index >= 15 is 0 Å². The Morgan fingerprint density at radius 2 is 1.55 bits per heavy atom. The number of ether oxygens (including phenoxy) is 1. The molecule has 112 valence electrons. The fourth-order valence-corrected chi connectivity index (χ4v) is 3.46. The Kier molecular flexibility index (Phi) is 6.42. The van der Waals surface area contributed by atoms with Crippen molar-refractivity contribution in [3.8, 4) is 5.75 Å². The Labute approximate surface area is 124 Å². The molecule has 1 saturated carbocycles. The van der Waals surface area contributed by atoms with Crippen molar-refractivity contribution < 1.29 is 4.74 Å². The molecule has 1 heteroatoms. The fraction of sp³-hybridized carbons (Fsp3) is 0.684. The van der Waals surface area contributed by atoms with Crippen molar-refractivity contribution in [2.75, 3.05) is 7.11 Å². The lowest BCUT2D eigenvalue weighted by molar-refractivity contribution is 0.250. The molecule has 2 rings (SSSR count). The highest BCUT2D eigenvalue weighted by Crippen LogP contribution is 2.34. The highest BCUT2D eigenvalue weighted by atomic mass is 16.5. The van der Waals surface area contributed by atoms with Gasteiger partial charge >= 0.3 is 0 Å². The van der Waals surface area contributed by atoms with E-state index in [-0.39, 0.29) is 0 Å². The minimum Gasteiger partial charge on any atom is -0.497 e. The van der Waals surface area contributed by atoms with Crippen LogP contribution in [0.4, 0.5) is 0 Å². The van der Waals surface area contributed by atoms with E-state index in [0.29, 0.717) is 0 Å². The molecule has 1 fully saturated rings. The number of methoxy groups -OCH3 is 1. The predicted molar refractivity (Wildman–Crippen MR) is 86.3 cm³/mol. The monoisotopic (exact) mass is 274 g/mol. The zero-order chi connectivity index (χ0) is 14.2. The molecule has 0 aromatic heterocycles. The van der Waals surface area contributed by atoms with Crippen molar-refractivity contribution in [1.29, 1.82) is 0 Å². The van der Waals surface area contributed by atoms with Crippen molar-refractivity contribution in [2.45, 2.75) is 64.7 Å². The molecule has 0 spiro atoms. The number of hydrogen-bond donors (Lipinski definition) is 0. The maximum Gasteiger partial charge on any atom is 0.118 e. The van der Waals surface area contributed by atoms with Gasteiger partial charge < -0.3 is 4.74 Å². The minimum atomic E-state index is 0.963. The van der Waals surface area contributed by atoms with Crippen LogP contribution in [0.15, 0.2) is 24.3 Å². The highest BCUT2D eigenvalue weighted by molar-refractivity contribution is 5.27. The number of benzene rings is 1. The van der Waals surface area contributed by atoms with Crippen molar-refractivity contribution in [2.24, 2.45) is 11.8 Å². The predicted octanol–water partition coefficient (Wildman–Crippen LogP) is 5.62. The largest absolute Gasteiger partial charge is 0.497 e. The molecule has 1 aromatic rings. The molecular formula is C19H30O. The van der Waals surface area contributed by atoms with Crippen LogP contribution in [0.5, 0.6) is 5.75 Å². The Hall–Kier alpha value is -0.980. The highest BCUT2D eigenvalue weighted by Gasteiger charge is 2.20. The molecule has 0 atom stereocenters. The summed E-state index contributed by atoms with van der Waals surface area (Å²) in [4.78, 5) is 0. The Balaban J connectivity index is 1.67. The standard InChI is InChI=1S/C19H30O/c1-3-4-5-16-6-8-17(9-7-16)10-11-18-12-14-19(20-2)15-13-18/h12-17H,3-11H2,1-2H3/t16-,17-. The summed E-state index contributed by atoms with van der Waals surface area (Å²) in [5, 5.41) is 0. The van der Waals surface area contributed by atoms with Crippen LogP contribution in [0.25, 0.3) is 0 Å². The van der Waals surface area contributed by atoms with Gasteiger partial charge in [-0.05, 0) is 42.4 Å². The summed E-state index contributed by atoms with van der Waals surface area (Å²) in [5.41, 5.74) is 1.46. The summed E-state index contributed by atoms with van der Waals surface area (Å²) >= 11 is 0. The third-order valence-electron chi connectivity index (χ3n) is 4.93. The van der Waals surface area contributed by atoms with Gasteiger partial charge in [0.15, 0.2) is 0 Å². The summed E-state index contributed by atoms with van der Waals surface area (Å²) in [5.74, 6) is 2.97. The van der Waals surface area contributed by atoms with Crippen LogP contribution in [0.3, 0.4) is 0 Å². The molecule has 20 heavy (non-hydrogen) atoms. The second-order valence-electron chi connectivity index (χ2n) is 6.42. The Morgan fingerprint density at radius 3 is 2.10 bits per heavy atom. The van der Waals surface area contributed by atoms with Crippen molar-refractivity contribution >= 4 is 0 Å². The van der Waals surface area contributed by atoms with Crippen molar-refractivity contribution in [1.82, 2.24) is 0 Å². The number of rotatable bonds is 7. The topological polar surface area (TPSA) is 9.23 Å². The normalized spacial score (nSPS) is 22.7. The molecule has 0 saturated heterocycles. The first kappa shape index (κ1) is 15.4. The van der Waals surface area contributed by atoms with Crippen LogP contribution < -0.4 is 4.74 Å². The van der Waals surface area contributed by atoms with E-state index < -0.39 is 0 Å². The van der Waals surface area contributed by atoms with Crippen LogP contribution in [0.2, 0.25) is 0 Å². The number of unbranched alkanes of at least 4 members (excludes halogenated alkanes) is 1. The summed E-state index contributed by atoms with van der Waals surface area (Å²) in [6.45, 7) is 2.31. The van der Waals surface area contributed by atoms with Gasteiger partial charge in [-0.2, -0.15) is 0 Å². The van der Waals surface area contributed by atoms with E-state index in [1.807, 2.05) is 0 Å². The van der Waals surface area contributed by atoms with E-state index in [9.17, 15) is 0 Å². The van der Waals surface area contributed by atoms with Crippen LogP contribution in [0, 0.1) is 11.8 Å². The third-order valence-corrected chi connectivity index (χ3v) is 4.93. The molecule has 0 radical (unpaired) electrons. The van der Waals surface area contributed by atoms with E-state index in [1.54, 1.807) is 7.11 Å². The smallest absolute Gasteiger partial charge is 0.118 e. The second kappa shape index (κ2) is 8.34. The average Bonchev–Trinajstić information content (AvgIpc) is 2.52. The van der Waals surface area contributed by atoms with E-state index in [0.717, 1.165) is 17.6 Å². The van der Waals surface area contributed by atoms with Gasteiger partial charge in [-0.25, -0.2) is 0 Å². The molecule has 0 heterocycles. The third kappa shape index (κ3) is 4.85. The van der Waals surface area contributed by atoms with E-state index in [1.165, 1.54) is 63.4 Å². The minimum absolute atomic E-state index is 0.963. The van der Waals surface area contributed by atoms with Crippen LogP contribution in [0.1, 0.15) is 63.9 Å². The maximum absolute atomic E-state index is 5.21. The molecule has 0 unspecified atom stereocenters. The van der Waals surface area contributed by atoms with Gasteiger partial charge in [0.25, 0.3) is 0 Å². The van der Waals surface area contributed by atoms with E-state index in [2.05, 4.69) is 31.2 Å². The van der Waals surface area contributed by atoms with Crippen LogP contribution in [-0.4, -0.2) is 7.11 Å². The van der Waals surface area contributed by atoms with Gasteiger partial charge in [-0.1, -0.05) is 64.0 Å². The summed E-state index contributed by atoms with van der Waals surface area (Å²) in [7, 11) is 1.73. The lowest BCUT2D eigenvalue weighted by atomic mass is 9.78. The quantitative estimate of drug-likeness (QED) is 0.626. The molecule has 0 amide bonds. The van der Waals surface area contributed by atoms with Gasteiger partial charge in [0.1, 0.15) is 5.75 Å². The molecule has 1 aliphatic rings. The lowest BCUT2D eigenvalue weighted by Crippen LogP contribution is -2.15. The number of aryl methyl sites for hydroxylation is 1. The lowest BCUT2D eigenvalue weighted by Gasteiger charge is -2.28. The average molecular weight is 274 g/mol. The first-order chi connectivity index (χ1) is 9.81. The van der Waals surface area contributed by atoms with Gasteiger partial charge in [0.2, 0.25) is 0 Å². The zero-order valence-electron chi connectivity index (χ0n) is 13.2. The molecule has 0 bridgehead atoms. The van der Waals surface area contributed by atoms with Crippen LogP contribution in [-0.2, 0) is 6.42 Å². The molecule has 1 aliphatic carbocycles.